The summed E-state index contributed by atoms with van der Waals surface area (Å²) in [6.07, 6.45) is 1.54. The third kappa shape index (κ3) is 4.22. The van der Waals surface area contributed by atoms with Crippen molar-refractivity contribution in [2.24, 2.45) is 0 Å². The monoisotopic (exact) mass is 495 g/mol. The second-order valence-electron chi connectivity index (χ2n) is 7.80. The van der Waals surface area contributed by atoms with Crippen LogP contribution in [0.5, 0.6) is 0 Å². The molecular formula is C25H22ClN3O4S. The van der Waals surface area contributed by atoms with Gasteiger partial charge >= 0.3 is 5.97 Å². The van der Waals surface area contributed by atoms with Crippen LogP contribution in [0.2, 0.25) is 5.02 Å². The molecule has 1 fully saturated rings. The third-order valence-electron chi connectivity index (χ3n) is 5.68. The highest BCUT2D eigenvalue weighted by Gasteiger charge is 2.35. The zero-order valence-electron chi connectivity index (χ0n) is 18.8. The van der Waals surface area contributed by atoms with Crippen LogP contribution in [0.4, 0.5) is 5.69 Å². The van der Waals surface area contributed by atoms with E-state index in [4.69, 9.17) is 28.6 Å². The van der Waals surface area contributed by atoms with Crippen molar-refractivity contribution in [3.8, 4) is 0 Å². The summed E-state index contributed by atoms with van der Waals surface area (Å²) >= 11 is 11.5. The molecule has 7 nitrogen and oxygen atoms in total. The lowest BCUT2D eigenvalue weighted by Gasteiger charge is -2.29. The SMILES string of the molecule is CCOC(=O)Cn1c(C)c(/C=C2\C(=O)NC(=S)N(c3ccc(C)c(Cl)c3)C2=O)c2ccccc21. The molecule has 3 aromatic rings. The van der Waals surface area contributed by atoms with Crippen LogP contribution in [0.3, 0.4) is 0 Å². The predicted molar refractivity (Wildman–Crippen MR) is 136 cm³/mol. The lowest BCUT2D eigenvalue weighted by atomic mass is 10.0. The van der Waals surface area contributed by atoms with Crippen LogP contribution in [-0.2, 0) is 25.7 Å². The van der Waals surface area contributed by atoms with Gasteiger partial charge in [0.2, 0.25) is 0 Å². The Morgan fingerprint density at radius 2 is 1.91 bits per heavy atom. The highest BCUT2D eigenvalue weighted by molar-refractivity contribution is 7.80. The lowest BCUT2D eigenvalue weighted by molar-refractivity contribution is -0.143. The molecule has 0 spiro atoms. The summed E-state index contributed by atoms with van der Waals surface area (Å²) in [5, 5.41) is 3.85. The molecule has 174 valence electrons. The molecule has 0 unspecified atom stereocenters. The number of ether oxygens (including phenoxy) is 1. The van der Waals surface area contributed by atoms with Crippen LogP contribution in [0.25, 0.3) is 17.0 Å². The number of thiocarbonyl (C=S) groups is 1. The number of hydrogen-bond acceptors (Lipinski definition) is 5. The maximum atomic E-state index is 13.4. The van der Waals surface area contributed by atoms with Gasteiger partial charge in [-0.2, -0.15) is 0 Å². The van der Waals surface area contributed by atoms with Crippen LogP contribution in [0.15, 0.2) is 48.0 Å². The number of carbonyl (C=O) groups excluding carboxylic acids is 3. The van der Waals surface area contributed by atoms with Gasteiger partial charge in [0.1, 0.15) is 12.1 Å². The van der Waals surface area contributed by atoms with E-state index in [2.05, 4.69) is 5.32 Å². The molecule has 4 rings (SSSR count). The summed E-state index contributed by atoms with van der Waals surface area (Å²) < 4.78 is 6.92. The van der Waals surface area contributed by atoms with Crippen molar-refractivity contribution in [1.29, 1.82) is 0 Å². The van der Waals surface area contributed by atoms with E-state index >= 15 is 0 Å². The maximum Gasteiger partial charge on any atom is 0.325 e. The Hall–Kier alpha value is -3.49. The molecule has 1 aliphatic rings. The number of halogens is 1. The molecule has 1 aromatic heterocycles. The van der Waals surface area contributed by atoms with Crippen molar-refractivity contribution in [2.45, 2.75) is 27.3 Å². The van der Waals surface area contributed by atoms with Gasteiger partial charge in [-0.05, 0) is 62.8 Å². The minimum atomic E-state index is -0.592. The smallest absolute Gasteiger partial charge is 0.325 e. The number of aromatic nitrogens is 1. The van der Waals surface area contributed by atoms with Gasteiger partial charge < -0.3 is 9.30 Å². The number of rotatable bonds is 5. The molecule has 2 heterocycles. The molecule has 0 bridgehead atoms. The highest BCUT2D eigenvalue weighted by Crippen LogP contribution is 2.31. The molecule has 2 aromatic carbocycles. The average molecular weight is 496 g/mol. The summed E-state index contributed by atoms with van der Waals surface area (Å²) in [6.45, 7) is 5.73. The van der Waals surface area contributed by atoms with Crippen LogP contribution >= 0.6 is 23.8 Å². The van der Waals surface area contributed by atoms with Crippen molar-refractivity contribution in [2.75, 3.05) is 11.5 Å². The summed E-state index contributed by atoms with van der Waals surface area (Å²) in [5.74, 6) is -1.52. The Bertz CT molecular complexity index is 1390. The normalized spacial score (nSPS) is 15.2. The molecule has 1 N–H and O–H groups in total. The van der Waals surface area contributed by atoms with E-state index in [0.29, 0.717) is 16.3 Å². The fraction of sp³-hybridized carbons (Fsp3) is 0.200. The highest BCUT2D eigenvalue weighted by atomic mass is 35.5. The number of anilines is 1. The Labute approximate surface area is 206 Å². The molecule has 9 heteroatoms. The van der Waals surface area contributed by atoms with Crippen LogP contribution in [-0.4, -0.2) is 34.1 Å². The summed E-state index contributed by atoms with van der Waals surface area (Å²) in [7, 11) is 0. The predicted octanol–water partition coefficient (Wildman–Crippen LogP) is 4.31. The fourth-order valence-corrected chi connectivity index (χ4v) is 4.39. The largest absolute Gasteiger partial charge is 0.465 e. The first-order valence-corrected chi connectivity index (χ1v) is 11.4. The van der Waals surface area contributed by atoms with E-state index < -0.39 is 11.8 Å². The third-order valence-corrected chi connectivity index (χ3v) is 6.37. The van der Waals surface area contributed by atoms with Gasteiger partial charge in [-0.25, -0.2) is 0 Å². The minimum Gasteiger partial charge on any atom is -0.465 e. The molecule has 0 atom stereocenters. The van der Waals surface area contributed by atoms with Crippen molar-refractivity contribution in [3.63, 3.8) is 0 Å². The summed E-state index contributed by atoms with van der Waals surface area (Å²) in [6, 6.07) is 12.6. The lowest BCUT2D eigenvalue weighted by Crippen LogP contribution is -2.54. The van der Waals surface area contributed by atoms with Crippen molar-refractivity contribution >= 4 is 69.4 Å². The van der Waals surface area contributed by atoms with E-state index in [9.17, 15) is 14.4 Å². The second-order valence-corrected chi connectivity index (χ2v) is 8.59. The van der Waals surface area contributed by atoms with E-state index in [1.54, 1.807) is 31.2 Å². The molecular weight excluding hydrogens is 474 g/mol. The molecule has 0 radical (unpaired) electrons. The quantitative estimate of drug-likeness (QED) is 0.247. The second kappa shape index (κ2) is 9.40. The van der Waals surface area contributed by atoms with Crippen LogP contribution < -0.4 is 10.2 Å². The topological polar surface area (TPSA) is 80.6 Å². The number of amides is 2. The van der Waals surface area contributed by atoms with Gasteiger partial charge in [0.15, 0.2) is 5.11 Å². The van der Waals surface area contributed by atoms with Crippen LogP contribution in [0.1, 0.15) is 23.7 Å². The zero-order valence-corrected chi connectivity index (χ0v) is 20.4. The first-order chi connectivity index (χ1) is 16.2. The van der Waals surface area contributed by atoms with E-state index in [-0.39, 0.29) is 29.8 Å². The first-order valence-electron chi connectivity index (χ1n) is 10.6. The number of esters is 1. The van der Waals surface area contributed by atoms with Gasteiger partial charge in [-0.3, -0.25) is 24.6 Å². The Morgan fingerprint density at radius 1 is 1.18 bits per heavy atom. The van der Waals surface area contributed by atoms with E-state index in [0.717, 1.165) is 22.2 Å². The minimum absolute atomic E-state index is 0.0155. The molecule has 0 saturated carbocycles. The van der Waals surface area contributed by atoms with Gasteiger partial charge in [-0.15, -0.1) is 0 Å². The number of fused-ring (bicyclic) bond motifs is 1. The molecule has 2 amide bonds. The number of hydrogen-bond donors (Lipinski definition) is 1. The van der Waals surface area contributed by atoms with Gasteiger partial charge in [0.05, 0.1) is 12.3 Å². The fourth-order valence-electron chi connectivity index (χ4n) is 3.94. The number of para-hydroxylation sites is 1. The van der Waals surface area contributed by atoms with Gasteiger partial charge in [0.25, 0.3) is 11.8 Å². The first kappa shape index (κ1) is 23.7. The summed E-state index contributed by atoms with van der Waals surface area (Å²) in [4.78, 5) is 39.7. The maximum absolute atomic E-state index is 13.4. The van der Waals surface area contributed by atoms with E-state index in [1.807, 2.05) is 42.7 Å². The standard InChI is InChI=1S/C25H22ClN3O4S/c1-4-33-22(30)13-28-15(3)18(17-7-5-6-8-21(17)28)12-19-23(31)27-25(34)29(24(19)32)16-10-9-14(2)20(26)11-16/h5-12H,4,13H2,1-3H3,(H,27,31,34)/b19-12+. The van der Waals surface area contributed by atoms with Crippen molar-refractivity contribution < 1.29 is 19.1 Å². The Morgan fingerprint density at radius 3 is 2.62 bits per heavy atom. The van der Waals surface area contributed by atoms with Crippen molar-refractivity contribution in [3.05, 3.63) is 69.9 Å². The number of nitrogens with zero attached hydrogens (tertiary/aromatic N) is 2. The molecule has 1 saturated heterocycles. The molecule has 0 aliphatic carbocycles. The number of carbonyl (C=O) groups is 3. The molecule has 34 heavy (non-hydrogen) atoms. The van der Waals surface area contributed by atoms with Crippen LogP contribution in [0, 0.1) is 13.8 Å². The van der Waals surface area contributed by atoms with Crippen molar-refractivity contribution in [1.82, 2.24) is 9.88 Å². The Kier molecular flexibility index (Phi) is 6.54. The van der Waals surface area contributed by atoms with E-state index in [1.165, 1.54) is 4.90 Å². The molecule has 1 aliphatic heterocycles. The number of aryl methyl sites for hydroxylation is 1. The average Bonchev–Trinajstić information content (AvgIpc) is 3.04. The van der Waals surface area contributed by atoms with Gasteiger partial charge in [-0.1, -0.05) is 35.9 Å². The number of nitrogens with one attached hydrogen (secondary N) is 1. The zero-order chi connectivity index (χ0) is 24.6. The summed E-state index contributed by atoms with van der Waals surface area (Å²) in [5.41, 5.74) is 3.41. The van der Waals surface area contributed by atoms with Gasteiger partial charge in [0, 0.05) is 27.2 Å². The number of benzene rings is 2. The Balaban J connectivity index is 1.82.